The predicted octanol–water partition coefficient (Wildman–Crippen LogP) is 2.82. The van der Waals surface area contributed by atoms with Crippen LogP contribution in [0.5, 0.6) is 5.75 Å². The molecule has 106 valence electrons. The van der Waals surface area contributed by atoms with Gasteiger partial charge in [-0.25, -0.2) is 0 Å². The van der Waals surface area contributed by atoms with E-state index in [-0.39, 0.29) is 11.9 Å². The van der Waals surface area contributed by atoms with Gasteiger partial charge in [0.25, 0.3) is 5.91 Å². The predicted molar refractivity (Wildman–Crippen MR) is 74.7 cm³/mol. The first-order valence-corrected chi connectivity index (χ1v) is 6.38. The van der Waals surface area contributed by atoms with E-state index in [2.05, 4.69) is 5.16 Å². The molecule has 20 heavy (non-hydrogen) atoms. The molecule has 1 unspecified atom stereocenters. The number of aryl methyl sites for hydroxylation is 1. The lowest BCUT2D eigenvalue weighted by atomic mass is 10.1. The molecule has 0 aliphatic carbocycles. The molecule has 0 saturated carbocycles. The highest BCUT2D eigenvalue weighted by Crippen LogP contribution is 2.28. The number of rotatable bonds is 4. The van der Waals surface area contributed by atoms with Crippen LogP contribution in [0, 0.1) is 6.92 Å². The summed E-state index contributed by atoms with van der Waals surface area (Å²) in [5.74, 6) is 1.20. The van der Waals surface area contributed by atoms with Crippen molar-refractivity contribution in [3.8, 4) is 5.75 Å². The Kier molecular flexibility index (Phi) is 4.08. The normalized spacial score (nSPS) is 12.0. The van der Waals surface area contributed by atoms with Crippen LogP contribution in [-0.4, -0.2) is 30.1 Å². The average molecular weight is 274 g/mol. The van der Waals surface area contributed by atoms with Crippen LogP contribution in [0.15, 0.2) is 34.9 Å². The molecule has 0 aliphatic heterocycles. The van der Waals surface area contributed by atoms with Gasteiger partial charge in [-0.1, -0.05) is 23.4 Å². The Morgan fingerprint density at radius 3 is 2.70 bits per heavy atom. The van der Waals surface area contributed by atoms with Crippen LogP contribution >= 0.6 is 0 Å². The molecule has 0 radical (unpaired) electrons. The number of nitrogens with zero attached hydrogens (tertiary/aromatic N) is 2. The van der Waals surface area contributed by atoms with Crippen molar-refractivity contribution >= 4 is 5.91 Å². The van der Waals surface area contributed by atoms with Gasteiger partial charge < -0.3 is 14.2 Å². The van der Waals surface area contributed by atoms with Crippen molar-refractivity contribution in [2.45, 2.75) is 19.9 Å². The molecule has 2 aromatic rings. The number of ether oxygens (including phenoxy) is 1. The first-order chi connectivity index (χ1) is 9.54. The third-order valence-corrected chi connectivity index (χ3v) is 3.34. The Labute approximate surface area is 118 Å². The van der Waals surface area contributed by atoms with Crippen molar-refractivity contribution in [3.63, 3.8) is 0 Å². The van der Waals surface area contributed by atoms with Crippen LogP contribution in [0.25, 0.3) is 0 Å². The number of hydrogen-bond acceptors (Lipinski definition) is 4. The molecule has 0 bridgehead atoms. The van der Waals surface area contributed by atoms with Crippen LogP contribution in [0.1, 0.15) is 34.8 Å². The highest BCUT2D eigenvalue weighted by Gasteiger charge is 2.23. The van der Waals surface area contributed by atoms with E-state index in [1.54, 1.807) is 32.0 Å². The molecular weight excluding hydrogens is 256 g/mol. The van der Waals surface area contributed by atoms with Gasteiger partial charge in [-0.05, 0) is 19.9 Å². The lowest BCUT2D eigenvalue weighted by molar-refractivity contribution is 0.0730. The average Bonchev–Trinajstić information content (AvgIpc) is 2.91. The number of aromatic nitrogens is 1. The first kappa shape index (κ1) is 14.1. The van der Waals surface area contributed by atoms with E-state index in [0.717, 1.165) is 11.3 Å². The number of hydrogen-bond donors (Lipinski definition) is 0. The fraction of sp³-hybridized carbons (Fsp3) is 0.333. The van der Waals surface area contributed by atoms with Crippen LogP contribution in [0.3, 0.4) is 0 Å². The molecule has 0 N–H and O–H groups in total. The second-order valence-corrected chi connectivity index (χ2v) is 4.66. The van der Waals surface area contributed by atoms with Crippen molar-refractivity contribution in [1.82, 2.24) is 10.1 Å². The Morgan fingerprint density at radius 2 is 2.10 bits per heavy atom. The molecule has 1 heterocycles. The Balaban J connectivity index is 2.24. The van der Waals surface area contributed by atoms with Crippen LogP contribution in [-0.2, 0) is 0 Å². The Morgan fingerprint density at radius 1 is 1.40 bits per heavy atom. The van der Waals surface area contributed by atoms with Gasteiger partial charge in [0.15, 0.2) is 5.69 Å². The quantitative estimate of drug-likeness (QED) is 0.860. The standard InChI is InChI=1S/C15H18N2O3/c1-10-9-13(16-20-10)15(18)17(3)11(2)12-7-5-6-8-14(12)19-4/h5-9,11H,1-4H3. The zero-order valence-electron chi connectivity index (χ0n) is 12.1. The zero-order valence-corrected chi connectivity index (χ0v) is 12.1. The number of para-hydroxylation sites is 1. The van der Waals surface area contributed by atoms with Crippen LogP contribution < -0.4 is 4.74 Å². The highest BCUT2D eigenvalue weighted by atomic mass is 16.5. The molecule has 0 saturated heterocycles. The molecule has 0 spiro atoms. The molecule has 0 fully saturated rings. The minimum Gasteiger partial charge on any atom is -0.496 e. The largest absolute Gasteiger partial charge is 0.496 e. The summed E-state index contributed by atoms with van der Waals surface area (Å²) in [5.41, 5.74) is 1.26. The molecule has 1 amide bonds. The van der Waals surface area contributed by atoms with Crippen molar-refractivity contribution in [1.29, 1.82) is 0 Å². The summed E-state index contributed by atoms with van der Waals surface area (Å²) in [6.07, 6.45) is 0. The van der Waals surface area contributed by atoms with E-state index in [4.69, 9.17) is 9.26 Å². The minimum absolute atomic E-state index is 0.129. The minimum atomic E-state index is -0.180. The van der Waals surface area contributed by atoms with E-state index in [1.807, 2.05) is 31.2 Å². The van der Waals surface area contributed by atoms with Gasteiger partial charge in [0, 0.05) is 18.7 Å². The van der Waals surface area contributed by atoms with Crippen LogP contribution in [0.2, 0.25) is 0 Å². The summed E-state index contributed by atoms with van der Waals surface area (Å²) < 4.78 is 10.3. The van der Waals surface area contributed by atoms with E-state index in [9.17, 15) is 4.79 Å². The Hall–Kier alpha value is -2.30. The monoisotopic (exact) mass is 274 g/mol. The zero-order chi connectivity index (χ0) is 14.7. The van der Waals surface area contributed by atoms with E-state index >= 15 is 0 Å². The van der Waals surface area contributed by atoms with E-state index in [1.165, 1.54) is 0 Å². The summed E-state index contributed by atoms with van der Waals surface area (Å²) in [6, 6.07) is 9.15. The van der Waals surface area contributed by atoms with Gasteiger partial charge in [-0.3, -0.25) is 4.79 Å². The number of benzene rings is 1. The van der Waals surface area contributed by atoms with Gasteiger partial charge in [0.05, 0.1) is 13.2 Å². The van der Waals surface area contributed by atoms with E-state index < -0.39 is 0 Å². The van der Waals surface area contributed by atoms with Gasteiger partial charge >= 0.3 is 0 Å². The molecule has 0 aliphatic rings. The number of methoxy groups -OCH3 is 1. The summed E-state index contributed by atoms with van der Waals surface area (Å²) in [7, 11) is 3.36. The topological polar surface area (TPSA) is 55.6 Å². The SMILES string of the molecule is COc1ccccc1C(C)N(C)C(=O)c1cc(C)on1. The maximum atomic E-state index is 12.3. The molecule has 5 nitrogen and oxygen atoms in total. The molecular formula is C15H18N2O3. The van der Waals surface area contributed by atoms with Gasteiger partial charge in [-0.2, -0.15) is 0 Å². The highest BCUT2D eigenvalue weighted by molar-refractivity contribution is 5.92. The second kappa shape index (κ2) is 5.77. The van der Waals surface area contributed by atoms with Crippen molar-refractivity contribution < 1.29 is 14.1 Å². The number of carbonyl (C=O) groups is 1. The van der Waals surface area contributed by atoms with Gasteiger partial charge in [-0.15, -0.1) is 0 Å². The fourth-order valence-electron chi connectivity index (χ4n) is 2.04. The smallest absolute Gasteiger partial charge is 0.276 e. The van der Waals surface area contributed by atoms with E-state index in [0.29, 0.717) is 11.5 Å². The lowest BCUT2D eigenvalue weighted by Gasteiger charge is -2.25. The molecule has 2 rings (SSSR count). The molecule has 5 heteroatoms. The summed E-state index contributed by atoms with van der Waals surface area (Å²) in [4.78, 5) is 14.0. The summed E-state index contributed by atoms with van der Waals surface area (Å²) in [6.45, 7) is 3.70. The lowest BCUT2D eigenvalue weighted by Crippen LogP contribution is -2.30. The maximum Gasteiger partial charge on any atom is 0.276 e. The van der Waals surface area contributed by atoms with Crippen molar-refractivity contribution in [3.05, 3.63) is 47.3 Å². The number of amides is 1. The third-order valence-electron chi connectivity index (χ3n) is 3.34. The third kappa shape index (κ3) is 2.66. The summed E-state index contributed by atoms with van der Waals surface area (Å²) >= 11 is 0. The maximum absolute atomic E-state index is 12.3. The van der Waals surface area contributed by atoms with Crippen molar-refractivity contribution in [2.75, 3.05) is 14.2 Å². The van der Waals surface area contributed by atoms with Crippen molar-refractivity contribution in [2.24, 2.45) is 0 Å². The molecule has 1 atom stereocenters. The Bertz CT molecular complexity index is 607. The fourth-order valence-corrected chi connectivity index (χ4v) is 2.04. The van der Waals surface area contributed by atoms with Gasteiger partial charge in [0.2, 0.25) is 0 Å². The number of carbonyl (C=O) groups excluding carboxylic acids is 1. The summed E-state index contributed by atoms with van der Waals surface area (Å²) in [5, 5.41) is 3.76. The van der Waals surface area contributed by atoms with Crippen LogP contribution in [0.4, 0.5) is 0 Å². The van der Waals surface area contributed by atoms with Gasteiger partial charge in [0.1, 0.15) is 11.5 Å². The first-order valence-electron chi connectivity index (χ1n) is 6.38. The second-order valence-electron chi connectivity index (χ2n) is 4.66. The molecule has 1 aromatic carbocycles. The molecule has 1 aromatic heterocycles.